The van der Waals surface area contributed by atoms with Gasteiger partial charge in [-0.2, -0.15) is 0 Å². The number of hydrogen-bond acceptors (Lipinski definition) is 5. The lowest BCUT2D eigenvalue weighted by atomic mass is 9.85. The van der Waals surface area contributed by atoms with Crippen LogP contribution in [0.4, 0.5) is 4.79 Å². The van der Waals surface area contributed by atoms with Gasteiger partial charge in [0.25, 0.3) is 0 Å². The third kappa shape index (κ3) is 5.93. The van der Waals surface area contributed by atoms with E-state index in [1.807, 2.05) is 0 Å². The maximum absolute atomic E-state index is 13.6. The Hall–Kier alpha value is -2.97. The Labute approximate surface area is 207 Å². The van der Waals surface area contributed by atoms with E-state index in [1.54, 1.807) is 42.2 Å². The SMILES string of the molecule is COc1ccc(OC(=O)N2CCC2(C)C(=O)N(CCCC(=O)O)Cc2ccc(Cl)cc2)c(Cl)c1. The van der Waals surface area contributed by atoms with Crippen LogP contribution in [0.3, 0.4) is 0 Å². The molecule has 10 heteroatoms. The molecule has 0 aliphatic carbocycles. The van der Waals surface area contributed by atoms with E-state index in [0.29, 0.717) is 23.7 Å². The summed E-state index contributed by atoms with van der Waals surface area (Å²) in [7, 11) is 1.50. The van der Waals surface area contributed by atoms with E-state index < -0.39 is 17.6 Å². The summed E-state index contributed by atoms with van der Waals surface area (Å²) in [6.45, 7) is 2.52. The predicted molar refractivity (Wildman–Crippen MR) is 127 cm³/mol. The van der Waals surface area contributed by atoms with Gasteiger partial charge in [-0.3, -0.25) is 14.5 Å². The summed E-state index contributed by atoms with van der Waals surface area (Å²) in [6, 6.07) is 11.7. The Balaban J connectivity index is 1.75. The minimum atomic E-state index is -1.12. The molecule has 1 atom stereocenters. The fourth-order valence-electron chi connectivity index (χ4n) is 3.74. The summed E-state index contributed by atoms with van der Waals surface area (Å²) < 4.78 is 10.6. The highest BCUT2D eigenvalue weighted by Gasteiger charge is 2.52. The van der Waals surface area contributed by atoms with E-state index in [1.165, 1.54) is 24.1 Å². The molecule has 1 aliphatic rings. The van der Waals surface area contributed by atoms with Crippen LogP contribution in [0.1, 0.15) is 31.7 Å². The van der Waals surface area contributed by atoms with Crippen LogP contribution in [0.25, 0.3) is 0 Å². The average Bonchev–Trinajstić information content (AvgIpc) is 2.79. The minimum Gasteiger partial charge on any atom is -0.497 e. The number of aliphatic carboxylic acids is 1. The number of carbonyl (C=O) groups excluding carboxylic acids is 2. The Kier molecular flexibility index (Phi) is 8.28. The van der Waals surface area contributed by atoms with E-state index in [0.717, 1.165) is 5.56 Å². The standard InChI is InChI=1S/C24H26Cl2N2O6/c1-24(11-13-28(24)23(32)34-20-10-9-18(33-2)14-19(20)26)22(31)27(12-3-4-21(29)30)15-16-5-7-17(25)8-6-16/h5-10,14H,3-4,11-13,15H2,1-2H3,(H,29,30). The maximum Gasteiger partial charge on any atom is 0.416 e. The molecule has 1 aliphatic heterocycles. The number of amides is 2. The molecule has 1 N–H and O–H groups in total. The Morgan fingerprint density at radius 3 is 2.41 bits per heavy atom. The smallest absolute Gasteiger partial charge is 0.416 e. The van der Waals surface area contributed by atoms with E-state index >= 15 is 0 Å². The van der Waals surface area contributed by atoms with E-state index in [-0.39, 0.29) is 42.6 Å². The lowest BCUT2D eigenvalue weighted by Crippen LogP contribution is -2.68. The monoisotopic (exact) mass is 508 g/mol. The summed E-state index contributed by atoms with van der Waals surface area (Å²) in [5.74, 6) is -0.534. The largest absolute Gasteiger partial charge is 0.497 e. The molecule has 0 bridgehead atoms. The first-order valence-corrected chi connectivity index (χ1v) is 11.5. The summed E-state index contributed by atoms with van der Waals surface area (Å²) in [4.78, 5) is 40.4. The quantitative estimate of drug-likeness (QED) is 0.519. The molecule has 0 radical (unpaired) electrons. The van der Waals surface area contributed by atoms with Crippen molar-refractivity contribution in [3.63, 3.8) is 0 Å². The number of nitrogens with zero attached hydrogens (tertiary/aromatic N) is 2. The summed E-state index contributed by atoms with van der Waals surface area (Å²) in [6.07, 6.45) is -0.0153. The Morgan fingerprint density at radius 2 is 1.85 bits per heavy atom. The zero-order valence-corrected chi connectivity index (χ0v) is 20.4. The topological polar surface area (TPSA) is 96.4 Å². The highest BCUT2D eigenvalue weighted by Crippen LogP contribution is 2.35. The molecule has 1 fully saturated rings. The minimum absolute atomic E-state index is 0.0666. The van der Waals surface area contributed by atoms with Crippen molar-refractivity contribution in [2.24, 2.45) is 0 Å². The van der Waals surface area contributed by atoms with Gasteiger partial charge in [0.05, 0.1) is 12.1 Å². The molecule has 2 aromatic carbocycles. The van der Waals surface area contributed by atoms with Crippen molar-refractivity contribution in [2.45, 2.75) is 38.3 Å². The van der Waals surface area contributed by atoms with Crippen molar-refractivity contribution in [3.05, 3.63) is 58.1 Å². The summed E-state index contributed by atoms with van der Waals surface area (Å²) >= 11 is 12.1. The van der Waals surface area contributed by atoms with Gasteiger partial charge in [0, 0.05) is 37.1 Å². The molecule has 1 saturated heterocycles. The normalized spacial score (nSPS) is 17.0. The number of carboxylic acids is 1. The number of carboxylic acid groups (broad SMARTS) is 1. The number of carbonyl (C=O) groups is 3. The van der Waals surface area contributed by atoms with Crippen molar-refractivity contribution in [2.75, 3.05) is 20.2 Å². The van der Waals surface area contributed by atoms with Crippen LogP contribution in [0, 0.1) is 0 Å². The van der Waals surface area contributed by atoms with Crippen molar-refractivity contribution in [1.82, 2.24) is 9.80 Å². The molecule has 1 unspecified atom stereocenters. The molecule has 3 rings (SSSR count). The van der Waals surface area contributed by atoms with Gasteiger partial charge < -0.3 is 19.5 Å². The number of halogens is 2. The third-order valence-corrected chi connectivity index (χ3v) is 6.38. The van der Waals surface area contributed by atoms with Crippen LogP contribution in [-0.2, 0) is 16.1 Å². The molecule has 182 valence electrons. The van der Waals surface area contributed by atoms with Crippen LogP contribution in [0.15, 0.2) is 42.5 Å². The molecule has 34 heavy (non-hydrogen) atoms. The van der Waals surface area contributed by atoms with E-state index in [9.17, 15) is 14.4 Å². The molecular weight excluding hydrogens is 483 g/mol. The van der Waals surface area contributed by atoms with Crippen molar-refractivity contribution in [1.29, 1.82) is 0 Å². The number of methoxy groups -OCH3 is 1. The van der Waals surface area contributed by atoms with Gasteiger partial charge in [-0.1, -0.05) is 35.3 Å². The lowest BCUT2D eigenvalue weighted by Gasteiger charge is -2.49. The van der Waals surface area contributed by atoms with Crippen LogP contribution in [0.5, 0.6) is 11.5 Å². The van der Waals surface area contributed by atoms with Gasteiger partial charge in [0.1, 0.15) is 11.3 Å². The maximum atomic E-state index is 13.6. The molecule has 1 heterocycles. The highest BCUT2D eigenvalue weighted by atomic mass is 35.5. The lowest BCUT2D eigenvalue weighted by molar-refractivity contribution is -0.150. The first kappa shape index (κ1) is 25.6. The second-order valence-electron chi connectivity index (χ2n) is 8.19. The first-order valence-electron chi connectivity index (χ1n) is 10.7. The van der Waals surface area contributed by atoms with Crippen molar-refractivity contribution < 1.29 is 29.0 Å². The number of likely N-dealkylation sites (tertiary alicyclic amines) is 1. The van der Waals surface area contributed by atoms with Crippen molar-refractivity contribution in [3.8, 4) is 11.5 Å². The van der Waals surface area contributed by atoms with Crippen LogP contribution < -0.4 is 9.47 Å². The summed E-state index contributed by atoms with van der Waals surface area (Å²) in [5.41, 5.74) is -0.277. The van der Waals surface area contributed by atoms with Gasteiger partial charge >= 0.3 is 12.1 Å². The Bertz CT molecular complexity index is 1060. The third-order valence-electron chi connectivity index (χ3n) is 5.83. The van der Waals surface area contributed by atoms with Gasteiger partial charge in [0.15, 0.2) is 5.75 Å². The molecule has 0 aromatic heterocycles. The van der Waals surface area contributed by atoms with Gasteiger partial charge in [-0.05, 0) is 49.6 Å². The second kappa shape index (κ2) is 11.0. The molecule has 0 saturated carbocycles. The van der Waals surface area contributed by atoms with E-state index in [2.05, 4.69) is 0 Å². The van der Waals surface area contributed by atoms with Gasteiger partial charge in [0.2, 0.25) is 5.91 Å². The summed E-state index contributed by atoms with van der Waals surface area (Å²) in [5, 5.41) is 9.79. The number of ether oxygens (including phenoxy) is 2. The fraction of sp³-hybridized carbons (Fsp3) is 0.375. The highest BCUT2D eigenvalue weighted by molar-refractivity contribution is 6.32. The fourth-order valence-corrected chi connectivity index (χ4v) is 4.07. The zero-order valence-electron chi connectivity index (χ0n) is 18.9. The first-order chi connectivity index (χ1) is 16.1. The second-order valence-corrected chi connectivity index (χ2v) is 9.03. The number of benzene rings is 2. The average molecular weight is 509 g/mol. The van der Waals surface area contributed by atoms with Gasteiger partial charge in [-0.25, -0.2) is 4.79 Å². The molecule has 2 amide bonds. The van der Waals surface area contributed by atoms with Crippen LogP contribution >= 0.6 is 23.2 Å². The zero-order chi connectivity index (χ0) is 24.9. The number of hydrogen-bond donors (Lipinski definition) is 1. The number of rotatable bonds is 9. The molecule has 0 spiro atoms. The predicted octanol–water partition coefficient (Wildman–Crippen LogP) is 4.86. The van der Waals surface area contributed by atoms with Crippen LogP contribution in [0.2, 0.25) is 10.0 Å². The van der Waals surface area contributed by atoms with E-state index in [4.69, 9.17) is 37.8 Å². The molecule has 2 aromatic rings. The Morgan fingerprint density at radius 1 is 1.15 bits per heavy atom. The molecule has 8 nitrogen and oxygen atoms in total. The molecular formula is C24H26Cl2N2O6. The van der Waals surface area contributed by atoms with Crippen molar-refractivity contribution >= 4 is 41.2 Å². The van der Waals surface area contributed by atoms with Gasteiger partial charge in [-0.15, -0.1) is 0 Å². The van der Waals surface area contributed by atoms with Crippen LogP contribution in [-0.4, -0.2) is 58.6 Å².